The van der Waals surface area contributed by atoms with Crippen LogP contribution in [0.1, 0.15) is 40.0 Å². The molecule has 0 saturated carbocycles. The van der Waals surface area contributed by atoms with Gasteiger partial charge in [-0.05, 0) is 18.2 Å². The van der Waals surface area contributed by atoms with Crippen molar-refractivity contribution in [2.75, 3.05) is 28.2 Å². The van der Waals surface area contributed by atoms with Gasteiger partial charge in [0.05, 0.1) is 21.1 Å². The van der Waals surface area contributed by atoms with Crippen LogP contribution in [0.15, 0.2) is 4.99 Å². The number of likely N-dealkylation sites (N-methyl/N-ethyl adjacent to an activating group) is 1. The molecule has 0 aliphatic heterocycles. The maximum atomic E-state index is 11.2. The summed E-state index contributed by atoms with van der Waals surface area (Å²) in [5.41, 5.74) is 5.58. The maximum Gasteiger partial charge on any atom is 0.172 e. The summed E-state index contributed by atoms with van der Waals surface area (Å²) in [6, 6.07) is 0. The van der Waals surface area contributed by atoms with Crippen molar-refractivity contribution < 1.29 is 9.59 Å². The standard InChI is InChI=1S/C13H30N3OS/c1-8-12(9-2,16(5,6)7)13(17,10-3)18-11(14)15-4/h17H,8-10H2,1-7H3,(H2,14,15)/q+1. The number of rotatable bonds is 6. The van der Waals surface area contributed by atoms with Gasteiger partial charge in [-0.25, -0.2) is 0 Å². The molecule has 108 valence electrons. The molecule has 0 bridgehead atoms. The quantitative estimate of drug-likeness (QED) is 0.338. The normalized spacial score (nSPS) is 17.7. The number of quaternary nitrogens is 1. The Balaban J connectivity index is 5.68. The lowest BCUT2D eigenvalue weighted by Crippen LogP contribution is -2.68. The van der Waals surface area contributed by atoms with Crippen LogP contribution in [0.2, 0.25) is 0 Å². The molecule has 0 amide bonds. The molecule has 0 aliphatic carbocycles. The molecule has 0 fully saturated rings. The Morgan fingerprint density at radius 2 is 1.61 bits per heavy atom. The van der Waals surface area contributed by atoms with E-state index in [1.165, 1.54) is 11.8 Å². The van der Waals surface area contributed by atoms with Crippen LogP contribution in [0.5, 0.6) is 0 Å². The molecule has 0 radical (unpaired) electrons. The summed E-state index contributed by atoms with van der Waals surface area (Å²) in [7, 11) is 8.05. The lowest BCUT2D eigenvalue weighted by molar-refractivity contribution is -0.930. The van der Waals surface area contributed by atoms with Crippen LogP contribution in [-0.4, -0.2) is 53.4 Å². The van der Waals surface area contributed by atoms with E-state index in [1.54, 1.807) is 7.05 Å². The van der Waals surface area contributed by atoms with E-state index >= 15 is 0 Å². The summed E-state index contributed by atoms with van der Waals surface area (Å²) in [4.78, 5) is 3.07. The van der Waals surface area contributed by atoms with Gasteiger partial charge >= 0.3 is 0 Å². The third-order valence-corrected chi connectivity index (χ3v) is 5.55. The number of aliphatic imine (C=N–C) groups is 1. The first-order valence-electron chi connectivity index (χ1n) is 6.59. The van der Waals surface area contributed by atoms with E-state index in [4.69, 9.17) is 5.73 Å². The summed E-state index contributed by atoms with van der Waals surface area (Å²) >= 11 is 1.30. The average molecular weight is 276 g/mol. The largest absolute Gasteiger partial charge is 0.378 e. The first kappa shape index (κ1) is 17.7. The van der Waals surface area contributed by atoms with E-state index in [-0.39, 0.29) is 5.54 Å². The van der Waals surface area contributed by atoms with Gasteiger partial charge in [0, 0.05) is 19.9 Å². The second-order valence-electron chi connectivity index (χ2n) is 5.55. The second-order valence-corrected chi connectivity index (χ2v) is 6.85. The zero-order valence-electron chi connectivity index (χ0n) is 12.9. The number of nitrogens with zero attached hydrogens (tertiary/aromatic N) is 2. The highest BCUT2D eigenvalue weighted by Gasteiger charge is 2.57. The molecule has 18 heavy (non-hydrogen) atoms. The monoisotopic (exact) mass is 276 g/mol. The Morgan fingerprint density at radius 3 is 1.83 bits per heavy atom. The molecule has 0 aromatic heterocycles. The van der Waals surface area contributed by atoms with Crippen LogP contribution in [0, 0.1) is 0 Å². The van der Waals surface area contributed by atoms with Crippen molar-refractivity contribution in [1.29, 1.82) is 0 Å². The van der Waals surface area contributed by atoms with Crippen molar-refractivity contribution in [2.24, 2.45) is 10.7 Å². The minimum atomic E-state index is -0.904. The van der Waals surface area contributed by atoms with E-state index in [1.807, 2.05) is 6.92 Å². The maximum absolute atomic E-state index is 11.2. The van der Waals surface area contributed by atoms with Gasteiger partial charge in [0.15, 0.2) is 10.1 Å². The molecule has 0 aromatic rings. The van der Waals surface area contributed by atoms with Crippen LogP contribution in [-0.2, 0) is 0 Å². The van der Waals surface area contributed by atoms with E-state index in [9.17, 15) is 5.11 Å². The van der Waals surface area contributed by atoms with Gasteiger partial charge in [-0.1, -0.05) is 20.8 Å². The van der Waals surface area contributed by atoms with Crippen molar-refractivity contribution in [2.45, 2.75) is 50.5 Å². The molecule has 1 unspecified atom stereocenters. The summed E-state index contributed by atoms with van der Waals surface area (Å²) in [5, 5.41) is 11.6. The zero-order chi connectivity index (χ0) is 14.6. The van der Waals surface area contributed by atoms with Gasteiger partial charge in [0.2, 0.25) is 0 Å². The summed E-state index contributed by atoms with van der Waals surface area (Å²) in [5.74, 6) is 0. The number of thioether (sulfide) groups is 1. The van der Waals surface area contributed by atoms with Crippen LogP contribution < -0.4 is 5.73 Å². The predicted molar refractivity (Wildman–Crippen MR) is 81.7 cm³/mol. The van der Waals surface area contributed by atoms with Crippen LogP contribution in [0.25, 0.3) is 0 Å². The lowest BCUT2D eigenvalue weighted by Gasteiger charge is -2.53. The SMILES string of the molecule is CCC(O)(SC(N)=NC)C(CC)(CC)[N+](C)(C)C. The van der Waals surface area contributed by atoms with E-state index in [0.717, 1.165) is 12.8 Å². The molecule has 3 N–H and O–H groups in total. The fraction of sp³-hybridized carbons (Fsp3) is 0.923. The molecular weight excluding hydrogens is 246 g/mol. The lowest BCUT2D eigenvalue weighted by atomic mass is 9.81. The fourth-order valence-corrected chi connectivity index (χ4v) is 4.32. The third kappa shape index (κ3) is 3.00. The predicted octanol–water partition coefficient (Wildman–Crippen LogP) is 2.03. The Hall–Kier alpha value is -0.260. The van der Waals surface area contributed by atoms with Gasteiger partial charge in [-0.15, -0.1) is 0 Å². The Labute approximate surface area is 116 Å². The van der Waals surface area contributed by atoms with E-state index < -0.39 is 4.93 Å². The summed E-state index contributed by atoms with van der Waals surface area (Å²) in [6.07, 6.45) is 2.42. The van der Waals surface area contributed by atoms with Crippen LogP contribution in [0.4, 0.5) is 0 Å². The van der Waals surface area contributed by atoms with E-state index in [0.29, 0.717) is 16.1 Å². The van der Waals surface area contributed by atoms with Crippen LogP contribution in [0.3, 0.4) is 0 Å². The first-order chi connectivity index (χ1) is 8.14. The smallest absolute Gasteiger partial charge is 0.172 e. The molecule has 5 heteroatoms. The molecule has 0 heterocycles. The minimum Gasteiger partial charge on any atom is -0.378 e. The van der Waals surface area contributed by atoms with Crippen molar-refractivity contribution in [3.63, 3.8) is 0 Å². The Morgan fingerprint density at radius 1 is 1.17 bits per heavy atom. The highest BCUT2D eigenvalue weighted by molar-refractivity contribution is 8.14. The number of hydrogen-bond donors (Lipinski definition) is 2. The fourth-order valence-electron chi connectivity index (χ4n) is 2.99. The minimum absolute atomic E-state index is 0.248. The highest BCUT2D eigenvalue weighted by atomic mass is 32.2. The molecule has 0 aliphatic rings. The van der Waals surface area contributed by atoms with Crippen molar-refractivity contribution in [1.82, 2.24) is 0 Å². The van der Waals surface area contributed by atoms with Gasteiger partial charge in [-0.2, -0.15) is 0 Å². The van der Waals surface area contributed by atoms with E-state index in [2.05, 4.69) is 40.0 Å². The number of hydrogen-bond acceptors (Lipinski definition) is 3. The number of aliphatic hydroxyl groups is 1. The summed E-state index contributed by atoms with van der Waals surface area (Å²) < 4.78 is 0.703. The number of amidine groups is 1. The van der Waals surface area contributed by atoms with Crippen molar-refractivity contribution in [3.05, 3.63) is 0 Å². The molecule has 4 nitrogen and oxygen atoms in total. The van der Waals surface area contributed by atoms with Crippen molar-refractivity contribution >= 4 is 16.9 Å². The van der Waals surface area contributed by atoms with Gasteiger partial charge in [-0.3, -0.25) is 4.99 Å². The van der Waals surface area contributed by atoms with Crippen LogP contribution >= 0.6 is 11.8 Å². The van der Waals surface area contributed by atoms with Crippen molar-refractivity contribution in [3.8, 4) is 0 Å². The second kappa shape index (κ2) is 6.26. The van der Waals surface area contributed by atoms with Gasteiger partial charge in [0.1, 0.15) is 5.54 Å². The summed E-state index contributed by atoms with van der Waals surface area (Å²) in [6.45, 7) is 6.27. The highest BCUT2D eigenvalue weighted by Crippen LogP contribution is 2.46. The molecule has 0 rings (SSSR count). The zero-order valence-corrected chi connectivity index (χ0v) is 13.8. The first-order valence-corrected chi connectivity index (χ1v) is 7.41. The molecule has 1 atom stereocenters. The van der Waals surface area contributed by atoms with Gasteiger partial charge < -0.3 is 15.3 Å². The Bertz CT molecular complexity index is 295. The molecule has 0 spiro atoms. The van der Waals surface area contributed by atoms with Gasteiger partial charge in [0.25, 0.3) is 0 Å². The topological polar surface area (TPSA) is 58.6 Å². The molecule has 0 aromatic carbocycles. The molecule has 0 saturated heterocycles. The third-order valence-electron chi connectivity index (χ3n) is 4.15. The molecular formula is C13H30N3OS+. The average Bonchev–Trinajstić information content (AvgIpc) is 2.29. The number of nitrogens with two attached hydrogens (primary N) is 1. The Kier molecular flexibility index (Phi) is 6.17.